The molecular formula is C9H11BrFNOS. The molecule has 1 heterocycles. The summed E-state index contributed by atoms with van der Waals surface area (Å²) in [6, 6.07) is 1.37. The number of hydrogen-bond donors (Lipinski definition) is 1. The Bertz CT molecular complexity index is 322. The zero-order chi connectivity index (χ0) is 10.7. The van der Waals surface area contributed by atoms with Gasteiger partial charge in [-0.3, -0.25) is 0 Å². The molecule has 0 aliphatic carbocycles. The summed E-state index contributed by atoms with van der Waals surface area (Å²) in [5.74, 6) is -0.364. The van der Waals surface area contributed by atoms with Crippen molar-refractivity contribution in [2.45, 2.75) is 30.2 Å². The summed E-state index contributed by atoms with van der Waals surface area (Å²) in [6.45, 7) is 3.51. The molecule has 1 rings (SSSR count). The number of aromatic nitrogens is 1. The van der Waals surface area contributed by atoms with E-state index in [0.29, 0.717) is 9.50 Å². The maximum atomic E-state index is 13.3. The van der Waals surface area contributed by atoms with Gasteiger partial charge in [0.2, 0.25) is 0 Å². The van der Waals surface area contributed by atoms with Crippen molar-refractivity contribution in [3.8, 4) is 0 Å². The third-order valence-electron chi connectivity index (χ3n) is 1.75. The van der Waals surface area contributed by atoms with Crippen LogP contribution in [0.3, 0.4) is 0 Å². The minimum Gasteiger partial charge on any atom is -0.392 e. The van der Waals surface area contributed by atoms with E-state index in [-0.39, 0.29) is 11.1 Å². The predicted molar refractivity (Wildman–Crippen MR) is 58.9 cm³/mol. The molecule has 0 saturated carbocycles. The average Bonchev–Trinajstić information content (AvgIpc) is 2.09. The van der Waals surface area contributed by atoms with Gasteiger partial charge < -0.3 is 5.11 Å². The second-order valence-electron chi connectivity index (χ2n) is 3.00. The molecule has 0 aromatic carbocycles. The molecule has 0 aliphatic rings. The summed E-state index contributed by atoms with van der Waals surface area (Å²) < 4.78 is 13.9. The van der Waals surface area contributed by atoms with E-state index in [4.69, 9.17) is 0 Å². The number of aliphatic hydroxyl groups is 1. The average molecular weight is 280 g/mol. The molecular weight excluding hydrogens is 269 g/mol. The lowest BCUT2D eigenvalue weighted by Crippen LogP contribution is -2.15. The van der Waals surface area contributed by atoms with E-state index in [1.165, 1.54) is 17.8 Å². The topological polar surface area (TPSA) is 33.1 Å². The number of aliphatic hydroxyl groups excluding tert-OH is 1. The lowest BCUT2D eigenvalue weighted by Gasteiger charge is -2.13. The molecule has 14 heavy (non-hydrogen) atoms. The smallest absolute Gasteiger partial charge is 0.156 e. The third-order valence-corrected chi connectivity index (χ3v) is 3.47. The second kappa shape index (κ2) is 5.09. The van der Waals surface area contributed by atoms with Gasteiger partial charge in [0, 0.05) is 15.9 Å². The molecule has 0 radical (unpaired) electrons. The van der Waals surface area contributed by atoms with Gasteiger partial charge in [-0.2, -0.15) is 0 Å². The van der Waals surface area contributed by atoms with Crippen LogP contribution in [0.5, 0.6) is 0 Å². The van der Waals surface area contributed by atoms with Crippen LogP contribution >= 0.6 is 27.7 Å². The van der Waals surface area contributed by atoms with Crippen molar-refractivity contribution in [3.05, 3.63) is 22.6 Å². The number of rotatable bonds is 3. The Morgan fingerprint density at radius 2 is 2.21 bits per heavy atom. The molecule has 1 aromatic heterocycles. The quantitative estimate of drug-likeness (QED) is 0.864. The van der Waals surface area contributed by atoms with Crippen LogP contribution in [0.4, 0.5) is 4.39 Å². The van der Waals surface area contributed by atoms with Gasteiger partial charge in [-0.15, -0.1) is 0 Å². The van der Waals surface area contributed by atoms with Crippen LogP contribution in [-0.4, -0.2) is 21.4 Å². The molecule has 1 N–H and O–H groups in total. The van der Waals surface area contributed by atoms with Crippen molar-refractivity contribution < 1.29 is 9.50 Å². The Hall–Kier alpha value is -0.130. The maximum absolute atomic E-state index is 13.3. The summed E-state index contributed by atoms with van der Waals surface area (Å²) in [6.07, 6.45) is 1.06. The Labute approximate surface area is 95.1 Å². The van der Waals surface area contributed by atoms with Gasteiger partial charge >= 0.3 is 0 Å². The van der Waals surface area contributed by atoms with Crippen molar-refractivity contribution in [1.29, 1.82) is 0 Å². The summed E-state index contributed by atoms with van der Waals surface area (Å²) >= 11 is 4.36. The molecule has 0 spiro atoms. The van der Waals surface area contributed by atoms with E-state index in [2.05, 4.69) is 20.9 Å². The summed E-state index contributed by atoms with van der Waals surface area (Å²) in [7, 11) is 0. The zero-order valence-corrected chi connectivity index (χ0v) is 10.3. The lowest BCUT2D eigenvalue weighted by molar-refractivity contribution is 0.196. The van der Waals surface area contributed by atoms with Crippen molar-refractivity contribution in [3.63, 3.8) is 0 Å². The molecule has 2 unspecified atom stereocenters. The van der Waals surface area contributed by atoms with Gasteiger partial charge in [-0.1, -0.05) is 18.7 Å². The van der Waals surface area contributed by atoms with E-state index in [1.807, 2.05) is 6.92 Å². The van der Waals surface area contributed by atoms with Gasteiger partial charge in [0.25, 0.3) is 0 Å². The summed E-state index contributed by atoms with van der Waals surface area (Å²) in [4.78, 5) is 3.93. The molecule has 78 valence electrons. The molecule has 0 aliphatic heterocycles. The van der Waals surface area contributed by atoms with Crippen LogP contribution < -0.4 is 0 Å². The number of nitrogens with zero attached hydrogens (tertiary/aromatic N) is 1. The first kappa shape index (κ1) is 11.9. The first-order valence-electron chi connectivity index (χ1n) is 4.16. The maximum Gasteiger partial charge on any atom is 0.156 e. The Balaban J connectivity index is 2.77. The van der Waals surface area contributed by atoms with Crippen LogP contribution in [0.15, 0.2) is 21.8 Å². The monoisotopic (exact) mass is 279 g/mol. The standard InChI is InChI=1S/C9H11BrFNOS/c1-5(13)6(2)14-9-8(11)3-7(10)4-12-9/h3-6,13H,1-2H3. The fraction of sp³-hybridized carbons (Fsp3) is 0.444. The molecule has 0 bridgehead atoms. The van der Waals surface area contributed by atoms with Gasteiger partial charge in [-0.05, 0) is 28.9 Å². The fourth-order valence-corrected chi connectivity index (χ4v) is 1.90. The van der Waals surface area contributed by atoms with Crippen LogP contribution in [0.2, 0.25) is 0 Å². The fourth-order valence-electron chi connectivity index (χ4n) is 0.763. The lowest BCUT2D eigenvalue weighted by atomic mass is 10.3. The van der Waals surface area contributed by atoms with Crippen molar-refractivity contribution in [2.75, 3.05) is 0 Å². The highest BCUT2D eigenvalue weighted by Gasteiger charge is 2.14. The number of hydrogen-bond acceptors (Lipinski definition) is 3. The first-order valence-corrected chi connectivity index (χ1v) is 5.83. The largest absolute Gasteiger partial charge is 0.392 e. The highest BCUT2D eigenvalue weighted by molar-refractivity contribution is 9.10. The number of thioether (sulfide) groups is 1. The molecule has 0 fully saturated rings. The second-order valence-corrected chi connectivity index (χ2v) is 5.29. The van der Waals surface area contributed by atoms with Gasteiger partial charge in [-0.25, -0.2) is 9.37 Å². The molecule has 2 atom stereocenters. The summed E-state index contributed by atoms with van der Waals surface area (Å²) in [5, 5.41) is 9.50. The molecule has 1 aromatic rings. The molecule has 5 heteroatoms. The van der Waals surface area contributed by atoms with Crippen LogP contribution in [0, 0.1) is 5.82 Å². The van der Waals surface area contributed by atoms with Crippen molar-refractivity contribution in [2.24, 2.45) is 0 Å². The number of pyridine rings is 1. The minimum atomic E-state index is -0.482. The summed E-state index contributed by atoms with van der Waals surface area (Å²) in [5.41, 5.74) is 0. The highest BCUT2D eigenvalue weighted by Crippen LogP contribution is 2.26. The normalized spacial score (nSPS) is 15.2. The Kier molecular flexibility index (Phi) is 4.34. The molecule has 0 amide bonds. The van der Waals surface area contributed by atoms with Crippen LogP contribution in [0.25, 0.3) is 0 Å². The van der Waals surface area contributed by atoms with E-state index in [1.54, 1.807) is 13.1 Å². The van der Waals surface area contributed by atoms with Crippen LogP contribution in [-0.2, 0) is 0 Å². The zero-order valence-electron chi connectivity index (χ0n) is 7.87. The van der Waals surface area contributed by atoms with Gasteiger partial charge in [0.15, 0.2) is 5.82 Å². The van der Waals surface area contributed by atoms with E-state index < -0.39 is 6.10 Å². The van der Waals surface area contributed by atoms with Crippen LogP contribution in [0.1, 0.15) is 13.8 Å². The van der Waals surface area contributed by atoms with E-state index in [0.717, 1.165) is 0 Å². The van der Waals surface area contributed by atoms with E-state index in [9.17, 15) is 9.50 Å². The molecule has 2 nitrogen and oxygen atoms in total. The van der Waals surface area contributed by atoms with Crippen molar-refractivity contribution in [1.82, 2.24) is 4.98 Å². The van der Waals surface area contributed by atoms with E-state index >= 15 is 0 Å². The van der Waals surface area contributed by atoms with Gasteiger partial charge in [0.1, 0.15) is 5.03 Å². The molecule has 0 saturated heterocycles. The van der Waals surface area contributed by atoms with Gasteiger partial charge in [0.05, 0.1) is 6.10 Å². The Morgan fingerprint density at radius 1 is 1.57 bits per heavy atom. The number of halogens is 2. The highest BCUT2D eigenvalue weighted by atomic mass is 79.9. The first-order chi connectivity index (χ1) is 6.50. The third kappa shape index (κ3) is 3.22. The predicted octanol–water partition coefficient (Wildman–Crippen LogP) is 2.84. The minimum absolute atomic E-state index is 0.0711. The SMILES string of the molecule is CC(O)C(C)Sc1ncc(Br)cc1F. The Morgan fingerprint density at radius 3 is 2.71 bits per heavy atom. The van der Waals surface area contributed by atoms with Crippen molar-refractivity contribution >= 4 is 27.7 Å².